The molecular weight excluding hydrogens is 460 g/mol. The number of rotatable bonds is 5. The highest BCUT2D eigenvalue weighted by Gasteiger charge is 2.23. The van der Waals surface area contributed by atoms with Crippen molar-refractivity contribution in [3.63, 3.8) is 0 Å². The summed E-state index contributed by atoms with van der Waals surface area (Å²) in [5.74, 6) is 0. The predicted molar refractivity (Wildman–Crippen MR) is 161 cm³/mol. The van der Waals surface area contributed by atoms with Crippen molar-refractivity contribution in [1.82, 2.24) is 4.57 Å². The number of hydrogen-bond donors (Lipinski definition) is 0. The van der Waals surface area contributed by atoms with E-state index in [1.807, 2.05) is 0 Å². The molecule has 186 valence electrons. The van der Waals surface area contributed by atoms with Gasteiger partial charge in [0.2, 0.25) is 0 Å². The Morgan fingerprint density at radius 3 is 2.05 bits per heavy atom. The molecule has 3 aliphatic rings. The van der Waals surface area contributed by atoms with Gasteiger partial charge in [-0.1, -0.05) is 72.8 Å². The van der Waals surface area contributed by atoms with Gasteiger partial charge in [0.15, 0.2) is 0 Å². The van der Waals surface area contributed by atoms with Crippen LogP contribution >= 0.6 is 0 Å². The molecule has 1 aromatic heterocycles. The van der Waals surface area contributed by atoms with Crippen molar-refractivity contribution in [2.75, 3.05) is 4.90 Å². The van der Waals surface area contributed by atoms with E-state index in [4.69, 9.17) is 0 Å². The molecule has 38 heavy (non-hydrogen) atoms. The molecule has 0 atom stereocenters. The number of fused-ring (bicyclic) bond motifs is 3. The minimum Gasteiger partial charge on any atom is -0.314 e. The lowest BCUT2D eigenvalue weighted by Gasteiger charge is -2.29. The molecule has 0 saturated heterocycles. The fourth-order valence-electron chi connectivity index (χ4n) is 6.17. The zero-order valence-corrected chi connectivity index (χ0v) is 21.7. The van der Waals surface area contributed by atoms with E-state index in [0.717, 1.165) is 38.5 Å². The molecule has 4 aromatic rings. The summed E-state index contributed by atoms with van der Waals surface area (Å²) < 4.78 is 2.50. The maximum Gasteiger partial charge on any atom is 0.0494 e. The summed E-state index contributed by atoms with van der Waals surface area (Å²) in [6.07, 6.45) is 22.6. The van der Waals surface area contributed by atoms with Gasteiger partial charge in [-0.25, -0.2) is 0 Å². The maximum atomic E-state index is 2.50. The van der Waals surface area contributed by atoms with E-state index in [2.05, 4.69) is 131 Å². The summed E-state index contributed by atoms with van der Waals surface area (Å²) in [5, 5.41) is 0. The summed E-state index contributed by atoms with van der Waals surface area (Å²) in [7, 11) is 0. The van der Waals surface area contributed by atoms with Crippen LogP contribution in [0.1, 0.15) is 48.2 Å². The van der Waals surface area contributed by atoms with Crippen LogP contribution in [0, 0.1) is 0 Å². The van der Waals surface area contributed by atoms with Crippen LogP contribution in [-0.4, -0.2) is 4.57 Å². The standard InChI is InChI=1S/C36H32N2/c1-3-11-29(12-4-1)37(30-13-5-2-6-14-30)31-23-19-27(20-24-31)28-21-25-32(26-22-28)38-35-17-9-7-15-33(35)34-16-8-10-18-36(34)38/h1-5,7,10-13,15,18-26H,6,8-9,14,16-17H2. The van der Waals surface area contributed by atoms with Gasteiger partial charge in [-0.05, 0) is 109 Å². The summed E-state index contributed by atoms with van der Waals surface area (Å²) in [5.41, 5.74) is 13.3. The van der Waals surface area contributed by atoms with Crippen LogP contribution in [0.15, 0.2) is 115 Å². The molecule has 0 amide bonds. The van der Waals surface area contributed by atoms with Crippen LogP contribution in [0.3, 0.4) is 0 Å². The molecule has 0 fully saturated rings. The average Bonchev–Trinajstić information content (AvgIpc) is 3.33. The fraction of sp³-hybridized carbons (Fsp3) is 0.167. The number of para-hydroxylation sites is 1. The Bertz CT molecular complexity index is 1580. The first-order valence-electron chi connectivity index (χ1n) is 13.9. The Kier molecular flexibility index (Phi) is 5.94. The van der Waals surface area contributed by atoms with Crippen LogP contribution in [0.2, 0.25) is 0 Å². The molecule has 7 rings (SSSR count). The topological polar surface area (TPSA) is 8.17 Å². The average molecular weight is 493 g/mol. The zero-order chi connectivity index (χ0) is 25.3. The van der Waals surface area contributed by atoms with Gasteiger partial charge < -0.3 is 9.47 Å². The lowest BCUT2D eigenvalue weighted by Crippen LogP contribution is -2.17. The summed E-state index contributed by atoms with van der Waals surface area (Å²) in [4.78, 5) is 2.39. The monoisotopic (exact) mass is 492 g/mol. The number of aromatic nitrogens is 1. The van der Waals surface area contributed by atoms with Gasteiger partial charge in [-0.15, -0.1) is 0 Å². The van der Waals surface area contributed by atoms with Gasteiger partial charge in [0, 0.05) is 34.1 Å². The molecule has 3 aromatic carbocycles. The molecule has 0 saturated carbocycles. The zero-order valence-electron chi connectivity index (χ0n) is 21.7. The number of hydrogen-bond acceptors (Lipinski definition) is 1. The van der Waals surface area contributed by atoms with Gasteiger partial charge >= 0.3 is 0 Å². The molecular formula is C36H32N2. The lowest BCUT2D eigenvalue weighted by atomic mass is 9.96. The van der Waals surface area contributed by atoms with Crippen LogP contribution < -0.4 is 4.90 Å². The molecule has 0 N–H and O–H groups in total. The van der Waals surface area contributed by atoms with E-state index < -0.39 is 0 Å². The van der Waals surface area contributed by atoms with E-state index in [9.17, 15) is 0 Å². The molecule has 1 heterocycles. The van der Waals surface area contributed by atoms with E-state index in [1.54, 1.807) is 0 Å². The number of allylic oxidation sites excluding steroid dienone is 6. The second kappa shape index (κ2) is 9.87. The van der Waals surface area contributed by atoms with Crippen LogP contribution in [0.5, 0.6) is 0 Å². The van der Waals surface area contributed by atoms with E-state index >= 15 is 0 Å². The lowest BCUT2D eigenvalue weighted by molar-refractivity contribution is 0.868. The van der Waals surface area contributed by atoms with Crippen molar-refractivity contribution in [3.05, 3.63) is 137 Å². The normalized spacial score (nSPS) is 15.6. The summed E-state index contributed by atoms with van der Waals surface area (Å²) in [6.45, 7) is 0. The first-order valence-corrected chi connectivity index (χ1v) is 13.9. The maximum absolute atomic E-state index is 2.50. The number of nitrogens with zero attached hydrogens (tertiary/aromatic N) is 2. The first-order chi connectivity index (χ1) is 18.9. The summed E-state index contributed by atoms with van der Waals surface area (Å²) in [6, 6.07) is 28.8. The SMILES string of the molecule is C1=CCCC(N(c2ccccc2)c2ccc(-c3ccc(-n4c5c(c6c4CCC=C6)CCC=C5)cc3)cc2)=C1. The van der Waals surface area contributed by atoms with Crippen LogP contribution in [0.4, 0.5) is 11.4 Å². The molecule has 2 nitrogen and oxygen atoms in total. The Morgan fingerprint density at radius 1 is 0.605 bits per heavy atom. The molecule has 0 aliphatic heterocycles. The van der Waals surface area contributed by atoms with Gasteiger partial charge in [-0.3, -0.25) is 0 Å². The third-order valence-corrected chi connectivity index (χ3v) is 8.00. The minimum absolute atomic E-state index is 1.05. The van der Waals surface area contributed by atoms with Crippen molar-refractivity contribution in [1.29, 1.82) is 0 Å². The third-order valence-electron chi connectivity index (χ3n) is 8.00. The van der Waals surface area contributed by atoms with Crippen molar-refractivity contribution in [2.24, 2.45) is 0 Å². The third kappa shape index (κ3) is 4.07. The van der Waals surface area contributed by atoms with Gasteiger partial charge in [0.05, 0.1) is 0 Å². The summed E-state index contributed by atoms with van der Waals surface area (Å²) >= 11 is 0. The Labute approximate surface area is 225 Å². The highest BCUT2D eigenvalue weighted by atomic mass is 15.1. The molecule has 2 heteroatoms. The second-order valence-corrected chi connectivity index (χ2v) is 10.3. The van der Waals surface area contributed by atoms with Crippen molar-refractivity contribution in [2.45, 2.75) is 38.5 Å². The van der Waals surface area contributed by atoms with Gasteiger partial charge in [0.25, 0.3) is 0 Å². The van der Waals surface area contributed by atoms with Crippen molar-refractivity contribution in [3.8, 4) is 16.8 Å². The van der Waals surface area contributed by atoms with E-state index in [-0.39, 0.29) is 0 Å². The smallest absolute Gasteiger partial charge is 0.0494 e. The van der Waals surface area contributed by atoms with Crippen LogP contribution in [-0.2, 0) is 12.8 Å². The second-order valence-electron chi connectivity index (χ2n) is 10.3. The molecule has 0 spiro atoms. The van der Waals surface area contributed by atoms with E-state index in [0.29, 0.717) is 0 Å². The van der Waals surface area contributed by atoms with Crippen LogP contribution in [0.25, 0.3) is 29.0 Å². The first kappa shape index (κ1) is 22.9. The molecule has 0 unspecified atom stereocenters. The molecule has 0 bridgehead atoms. The van der Waals surface area contributed by atoms with E-state index in [1.165, 1.54) is 56.4 Å². The predicted octanol–water partition coefficient (Wildman–Crippen LogP) is 9.44. The highest BCUT2D eigenvalue weighted by molar-refractivity contribution is 5.74. The van der Waals surface area contributed by atoms with Gasteiger partial charge in [-0.2, -0.15) is 0 Å². The molecule has 0 radical (unpaired) electrons. The Hall–Kier alpha value is -4.30. The number of benzene rings is 3. The molecule has 3 aliphatic carbocycles. The largest absolute Gasteiger partial charge is 0.314 e. The van der Waals surface area contributed by atoms with Crippen molar-refractivity contribution < 1.29 is 0 Å². The highest BCUT2D eigenvalue weighted by Crippen LogP contribution is 2.37. The fourth-order valence-corrected chi connectivity index (χ4v) is 6.17. The minimum atomic E-state index is 1.05. The Morgan fingerprint density at radius 2 is 1.29 bits per heavy atom. The Balaban J connectivity index is 1.21. The number of anilines is 2. The quantitative estimate of drug-likeness (QED) is 0.269. The van der Waals surface area contributed by atoms with Crippen molar-refractivity contribution >= 4 is 23.5 Å². The van der Waals surface area contributed by atoms with Gasteiger partial charge in [0.1, 0.15) is 0 Å².